The first-order chi connectivity index (χ1) is 5.25. The van der Waals surface area contributed by atoms with Crippen molar-refractivity contribution in [2.75, 3.05) is 13.6 Å². The second-order valence-corrected chi connectivity index (χ2v) is 3.21. The Kier molecular flexibility index (Phi) is 2.75. The number of rotatable bonds is 2. The molecule has 1 aliphatic rings. The largest absolute Gasteiger partial charge is 0.374 e. The summed E-state index contributed by atoms with van der Waals surface area (Å²) in [6, 6.07) is 0. The molecule has 0 fully saturated rings. The van der Waals surface area contributed by atoms with E-state index < -0.39 is 0 Å². The third kappa shape index (κ3) is 1.86. The van der Waals surface area contributed by atoms with Crippen molar-refractivity contribution in [3.05, 3.63) is 23.9 Å². The van der Waals surface area contributed by atoms with Crippen molar-refractivity contribution in [3.63, 3.8) is 0 Å². The highest BCUT2D eigenvalue weighted by atomic mass is 15.1. The number of hydrogen-bond donors (Lipinski definition) is 0. The number of likely N-dealkylation sites (N-methyl/N-ethyl adjacent to an activating group) is 1. The zero-order valence-electron chi connectivity index (χ0n) is 7.67. The van der Waals surface area contributed by atoms with Gasteiger partial charge in [-0.3, -0.25) is 0 Å². The summed E-state index contributed by atoms with van der Waals surface area (Å²) in [6.07, 6.45) is 7.79. The number of allylic oxidation sites excluding steroid dienone is 3. The van der Waals surface area contributed by atoms with Crippen molar-refractivity contribution in [2.45, 2.75) is 20.3 Å². The van der Waals surface area contributed by atoms with Gasteiger partial charge in [0.25, 0.3) is 0 Å². The summed E-state index contributed by atoms with van der Waals surface area (Å²) < 4.78 is 0. The zero-order valence-corrected chi connectivity index (χ0v) is 7.67. The van der Waals surface area contributed by atoms with Crippen molar-refractivity contribution >= 4 is 0 Å². The van der Waals surface area contributed by atoms with Gasteiger partial charge in [0, 0.05) is 19.3 Å². The minimum absolute atomic E-state index is 0.699. The maximum Gasteiger partial charge on any atom is 0.0356 e. The average molecular weight is 151 g/mol. The van der Waals surface area contributed by atoms with Crippen LogP contribution in [0.5, 0.6) is 0 Å². The highest BCUT2D eigenvalue weighted by molar-refractivity contribution is 5.18. The van der Waals surface area contributed by atoms with Crippen LogP contribution in [-0.4, -0.2) is 18.5 Å². The molecule has 0 radical (unpaired) electrons. The van der Waals surface area contributed by atoms with Gasteiger partial charge in [0.15, 0.2) is 0 Å². The highest BCUT2D eigenvalue weighted by Gasteiger charge is 2.11. The zero-order chi connectivity index (χ0) is 8.27. The van der Waals surface area contributed by atoms with E-state index in [1.54, 1.807) is 0 Å². The third-order valence-corrected chi connectivity index (χ3v) is 2.34. The lowest BCUT2D eigenvalue weighted by atomic mass is 10.0. The molecule has 1 heteroatoms. The van der Waals surface area contributed by atoms with Crippen LogP contribution in [0.15, 0.2) is 23.9 Å². The molecule has 11 heavy (non-hydrogen) atoms. The lowest BCUT2D eigenvalue weighted by Crippen LogP contribution is -2.23. The molecule has 0 N–H and O–H groups in total. The molecule has 1 atom stereocenters. The maximum absolute atomic E-state index is 2.31. The summed E-state index contributed by atoms with van der Waals surface area (Å²) in [6.45, 7) is 5.58. The monoisotopic (exact) mass is 151 g/mol. The van der Waals surface area contributed by atoms with Crippen LogP contribution in [0.3, 0.4) is 0 Å². The molecule has 1 heterocycles. The maximum atomic E-state index is 2.31. The molecule has 1 nitrogen and oxygen atoms in total. The van der Waals surface area contributed by atoms with E-state index in [1.807, 2.05) is 0 Å². The Bertz CT molecular complexity index is 179. The van der Waals surface area contributed by atoms with Crippen LogP contribution in [0.25, 0.3) is 0 Å². The van der Waals surface area contributed by atoms with Gasteiger partial charge in [0.2, 0.25) is 0 Å². The number of nitrogens with zero attached hydrogens (tertiary/aromatic N) is 1. The fourth-order valence-electron chi connectivity index (χ4n) is 1.37. The van der Waals surface area contributed by atoms with E-state index in [-0.39, 0.29) is 0 Å². The van der Waals surface area contributed by atoms with E-state index in [0.29, 0.717) is 5.92 Å². The van der Waals surface area contributed by atoms with Crippen LogP contribution in [-0.2, 0) is 0 Å². The van der Waals surface area contributed by atoms with Crippen molar-refractivity contribution in [1.29, 1.82) is 0 Å². The molecular formula is C10H17N. The third-order valence-electron chi connectivity index (χ3n) is 2.34. The van der Waals surface area contributed by atoms with E-state index in [0.717, 1.165) is 6.54 Å². The molecule has 0 aromatic carbocycles. The van der Waals surface area contributed by atoms with Gasteiger partial charge >= 0.3 is 0 Å². The predicted molar refractivity (Wildman–Crippen MR) is 49.3 cm³/mol. The van der Waals surface area contributed by atoms with Gasteiger partial charge < -0.3 is 4.90 Å². The first-order valence-corrected chi connectivity index (χ1v) is 4.33. The fourth-order valence-corrected chi connectivity index (χ4v) is 1.37. The molecule has 0 spiro atoms. The fraction of sp³-hybridized carbons (Fsp3) is 0.600. The smallest absolute Gasteiger partial charge is 0.0356 e. The van der Waals surface area contributed by atoms with Crippen LogP contribution in [0.4, 0.5) is 0 Å². The van der Waals surface area contributed by atoms with Gasteiger partial charge in [-0.25, -0.2) is 0 Å². The quantitative estimate of drug-likeness (QED) is 0.586. The minimum Gasteiger partial charge on any atom is -0.374 e. The SMILES string of the molecule is CC[C@@H](C)C1=CC=CCN1C. The first kappa shape index (κ1) is 8.38. The van der Waals surface area contributed by atoms with Crippen LogP contribution in [0.1, 0.15) is 20.3 Å². The summed E-state index contributed by atoms with van der Waals surface area (Å²) in [4.78, 5) is 2.31. The van der Waals surface area contributed by atoms with Crippen LogP contribution >= 0.6 is 0 Å². The Hall–Kier alpha value is -0.720. The van der Waals surface area contributed by atoms with E-state index in [2.05, 4.69) is 44.0 Å². The second-order valence-electron chi connectivity index (χ2n) is 3.21. The topological polar surface area (TPSA) is 3.24 Å². The molecule has 1 rings (SSSR count). The molecule has 1 aliphatic heterocycles. The van der Waals surface area contributed by atoms with Gasteiger partial charge in [0.05, 0.1) is 0 Å². The summed E-state index contributed by atoms with van der Waals surface area (Å²) in [5, 5.41) is 0. The van der Waals surface area contributed by atoms with E-state index in [4.69, 9.17) is 0 Å². The standard InChI is InChI=1S/C10H17N/c1-4-9(2)10-7-5-6-8-11(10)3/h5-7,9H,4,8H2,1-3H3/t9-/m1/s1. The molecule has 62 valence electrons. The summed E-state index contributed by atoms with van der Waals surface area (Å²) in [7, 11) is 2.15. The van der Waals surface area contributed by atoms with Gasteiger partial charge in [-0.1, -0.05) is 26.0 Å². The second kappa shape index (κ2) is 3.61. The van der Waals surface area contributed by atoms with Crippen molar-refractivity contribution in [2.24, 2.45) is 5.92 Å². The minimum atomic E-state index is 0.699. The first-order valence-electron chi connectivity index (χ1n) is 4.33. The lowest BCUT2D eigenvalue weighted by Gasteiger charge is -2.27. The molecule has 0 saturated carbocycles. The predicted octanol–water partition coefficient (Wildman–Crippen LogP) is 2.42. The van der Waals surface area contributed by atoms with Crippen LogP contribution in [0, 0.1) is 5.92 Å². The molecule has 0 amide bonds. The summed E-state index contributed by atoms with van der Waals surface area (Å²) in [5.41, 5.74) is 1.47. The number of hydrogen-bond acceptors (Lipinski definition) is 1. The Labute approximate surface area is 69.4 Å². The van der Waals surface area contributed by atoms with Crippen molar-refractivity contribution < 1.29 is 0 Å². The van der Waals surface area contributed by atoms with E-state index in [9.17, 15) is 0 Å². The average Bonchev–Trinajstić information content (AvgIpc) is 2.04. The molecule has 0 aromatic heterocycles. The molecule has 0 aliphatic carbocycles. The Balaban J connectivity index is 2.67. The molecular weight excluding hydrogens is 134 g/mol. The Morgan fingerprint density at radius 3 is 2.91 bits per heavy atom. The van der Waals surface area contributed by atoms with Crippen LogP contribution in [0.2, 0.25) is 0 Å². The van der Waals surface area contributed by atoms with E-state index in [1.165, 1.54) is 12.1 Å². The highest BCUT2D eigenvalue weighted by Crippen LogP contribution is 2.19. The van der Waals surface area contributed by atoms with E-state index >= 15 is 0 Å². The molecule has 0 bridgehead atoms. The summed E-state index contributed by atoms with van der Waals surface area (Å²) in [5.74, 6) is 0.699. The Morgan fingerprint density at radius 1 is 1.64 bits per heavy atom. The van der Waals surface area contributed by atoms with Crippen molar-refractivity contribution in [3.8, 4) is 0 Å². The lowest BCUT2D eigenvalue weighted by molar-refractivity contribution is 0.389. The van der Waals surface area contributed by atoms with Gasteiger partial charge in [-0.15, -0.1) is 0 Å². The summed E-state index contributed by atoms with van der Waals surface area (Å²) >= 11 is 0. The van der Waals surface area contributed by atoms with Gasteiger partial charge in [-0.05, 0) is 18.4 Å². The Morgan fingerprint density at radius 2 is 2.36 bits per heavy atom. The molecule has 0 aromatic rings. The molecule has 0 unspecified atom stereocenters. The molecule has 0 saturated heterocycles. The van der Waals surface area contributed by atoms with Crippen molar-refractivity contribution in [1.82, 2.24) is 4.90 Å². The van der Waals surface area contributed by atoms with Gasteiger partial charge in [0.1, 0.15) is 0 Å². The van der Waals surface area contributed by atoms with Gasteiger partial charge in [-0.2, -0.15) is 0 Å². The van der Waals surface area contributed by atoms with Crippen LogP contribution < -0.4 is 0 Å². The normalized spacial score (nSPS) is 19.9.